The SMILES string of the molecule is CCc1c2c(nc3ccc(O)cc13)-c1cc3c(c(=O)n1C2)COC(=O)[C@@]3(CC)OC(=O)CNC(=O)COCCOCC(COCC(COCCOCC(=O)O)OCCOCC(C)=O)OCCOCC(=O)O. The molecule has 0 aliphatic carbocycles. The van der Waals surface area contributed by atoms with E-state index in [0.29, 0.717) is 23.3 Å². The Morgan fingerprint density at radius 3 is 1.93 bits per heavy atom. The first-order valence-electron chi connectivity index (χ1n) is 22.9. The van der Waals surface area contributed by atoms with Crippen LogP contribution in [0, 0.1) is 0 Å². The molecule has 2 aromatic heterocycles. The van der Waals surface area contributed by atoms with Crippen molar-refractivity contribution in [3.05, 3.63) is 56.9 Å². The summed E-state index contributed by atoms with van der Waals surface area (Å²) in [5.41, 5.74) is 1.21. The van der Waals surface area contributed by atoms with Gasteiger partial charge >= 0.3 is 23.9 Å². The van der Waals surface area contributed by atoms with Crippen LogP contribution in [0.2, 0.25) is 0 Å². The van der Waals surface area contributed by atoms with E-state index in [9.17, 15) is 38.7 Å². The van der Waals surface area contributed by atoms with E-state index in [1.165, 1.54) is 13.0 Å². The summed E-state index contributed by atoms with van der Waals surface area (Å²) >= 11 is 0. The zero-order chi connectivity index (χ0) is 51.3. The summed E-state index contributed by atoms with van der Waals surface area (Å²) in [4.78, 5) is 91.0. The molecule has 0 bridgehead atoms. The average Bonchev–Trinajstić information content (AvgIpc) is 3.70. The number of esters is 2. The van der Waals surface area contributed by atoms with Gasteiger partial charge in [0.05, 0.1) is 108 Å². The Hall–Kier alpha value is -5.96. The van der Waals surface area contributed by atoms with Crippen molar-refractivity contribution in [2.45, 2.75) is 64.6 Å². The summed E-state index contributed by atoms with van der Waals surface area (Å²) in [5, 5.41) is 30.9. The third kappa shape index (κ3) is 16.3. The third-order valence-corrected chi connectivity index (χ3v) is 10.9. The number of carboxylic acid groups (broad SMARTS) is 2. The molecule has 0 radical (unpaired) electrons. The standard InChI is InChI=1S/C47H61N3O21/c1-4-33-34-16-30(52)6-7-38(34)49-44-35(33)19-50-39(44)17-37-36(45(50)59)25-70-46(60)47(37,5-2)71-43(58)18-48-40(53)26-64-10-8-62-21-32(69-15-13-66-28-42(56)57)24-67-23-31(68-14-12-61-20-29(3)51)22-63-9-11-65-27-41(54)55/h6-7,16-17,31-32,52H,4-5,8-15,18-28H2,1-3H3,(H,48,53)(H,54,55)(H,56,57)/t31?,32?,47-/m0/s1. The number of amides is 1. The fourth-order valence-corrected chi connectivity index (χ4v) is 7.70. The number of cyclic esters (lactones) is 1. The molecule has 4 heterocycles. The molecule has 24 nitrogen and oxygen atoms in total. The summed E-state index contributed by atoms with van der Waals surface area (Å²) in [6, 6.07) is 6.49. The van der Waals surface area contributed by atoms with Crippen molar-refractivity contribution >= 4 is 46.5 Å². The molecule has 5 rings (SSSR count). The minimum atomic E-state index is -1.99. The highest BCUT2D eigenvalue weighted by molar-refractivity contribution is 5.91. The van der Waals surface area contributed by atoms with Gasteiger partial charge in [-0.3, -0.25) is 19.2 Å². The highest BCUT2D eigenvalue weighted by Crippen LogP contribution is 2.42. The number of aromatic nitrogens is 2. The molecule has 1 aromatic carbocycles. The van der Waals surface area contributed by atoms with E-state index in [-0.39, 0.29) is 128 Å². The maximum absolute atomic E-state index is 14.0. The Bertz CT molecular complexity index is 2390. The smallest absolute Gasteiger partial charge is 0.355 e. The lowest BCUT2D eigenvalue weighted by molar-refractivity contribution is -0.189. The van der Waals surface area contributed by atoms with Crippen molar-refractivity contribution in [2.24, 2.45) is 0 Å². The number of carbonyl (C=O) groups is 6. The van der Waals surface area contributed by atoms with Gasteiger partial charge in [0.1, 0.15) is 57.5 Å². The molecule has 24 heteroatoms. The van der Waals surface area contributed by atoms with Crippen LogP contribution in [0.3, 0.4) is 0 Å². The van der Waals surface area contributed by atoms with E-state index in [0.717, 1.165) is 16.5 Å². The summed E-state index contributed by atoms with van der Waals surface area (Å²) < 4.78 is 62.1. The van der Waals surface area contributed by atoms with Crippen molar-refractivity contribution in [3.63, 3.8) is 0 Å². The number of ether oxygens (including phenoxy) is 11. The largest absolute Gasteiger partial charge is 0.508 e. The number of nitrogens with one attached hydrogen (secondary N) is 1. The molecule has 390 valence electrons. The molecule has 1 amide bonds. The quantitative estimate of drug-likeness (QED) is 0.0363. The highest BCUT2D eigenvalue weighted by atomic mass is 16.6. The molecule has 0 saturated carbocycles. The first-order valence-corrected chi connectivity index (χ1v) is 22.9. The molecule has 3 aromatic rings. The molecule has 3 atom stereocenters. The number of pyridine rings is 2. The number of fused-ring (bicyclic) bond motifs is 5. The number of nitrogens with zero attached hydrogens (tertiary/aromatic N) is 2. The Balaban J connectivity index is 1.09. The van der Waals surface area contributed by atoms with Crippen LogP contribution in [0.25, 0.3) is 22.3 Å². The number of benzene rings is 1. The second kappa shape index (κ2) is 28.2. The van der Waals surface area contributed by atoms with Crippen molar-refractivity contribution in [2.75, 3.05) is 112 Å². The molecule has 2 unspecified atom stereocenters. The molecular weight excluding hydrogens is 943 g/mol. The van der Waals surface area contributed by atoms with Crippen LogP contribution >= 0.6 is 0 Å². The topological polar surface area (TPSA) is 312 Å². The molecule has 0 spiro atoms. The number of aryl methyl sites for hydroxylation is 1. The van der Waals surface area contributed by atoms with Gasteiger partial charge in [0, 0.05) is 16.5 Å². The van der Waals surface area contributed by atoms with Crippen molar-refractivity contribution in [1.29, 1.82) is 0 Å². The highest BCUT2D eigenvalue weighted by Gasteiger charge is 2.50. The van der Waals surface area contributed by atoms with Crippen molar-refractivity contribution < 1.29 is 96.2 Å². The maximum Gasteiger partial charge on any atom is 0.355 e. The minimum Gasteiger partial charge on any atom is -0.508 e. The zero-order valence-corrected chi connectivity index (χ0v) is 39.9. The molecule has 0 fully saturated rings. The lowest BCUT2D eigenvalue weighted by atomic mass is 9.85. The molecule has 71 heavy (non-hydrogen) atoms. The number of phenols is 1. The number of hydrogen-bond donors (Lipinski definition) is 4. The van der Waals surface area contributed by atoms with Gasteiger partial charge in [-0.15, -0.1) is 0 Å². The van der Waals surface area contributed by atoms with Gasteiger partial charge in [-0.2, -0.15) is 0 Å². The van der Waals surface area contributed by atoms with Gasteiger partial charge in [-0.05, 0) is 49.6 Å². The Morgan fingerprint density at radius 2 is 1.34 bits per heavy atom. The van der Waals surface area contributed by atoms with Crippen molar-refractivity contribution in [3.8, 4) is 17.1 Å². The van der Waals surface area contributed by atoms with Gasteiger partial charge in [0.2, 0.25) is 11.5 Å². The number of carbonyl (C=O) groups excluding carboxylic acids is 4. The van der Waals surface area contributed by atoms with Gasteiger partial charge in [-0.1, -0.05) is 13.8 Å². The summed E-state index contributed by atoms with van der Waals surface area (Å²) in [6.45, 7) is 2.97. The van der Waals surface area contributed by atoms with Crippen LogP contribution in [0.1, 0.15) is 49.4 Å². The number of carboxylic acids is 2. The van der Waals surface area contributed by atoms with Crippen LogP contribution in [-0.2, 0) is 106 Å². The molecule has 0 saturated heterocycles. The maximum atomic E-state index is 14.0. The average molecular weight is 1000 g/mol. The Kier molecular flexibility index (Phi) is 22.2. The first-order chi connectivity index (χ1) is 34.2. The Morgan fingerprint density at radius 1 is 0.761 bits per heavy atom. The number of aromatic hydroxyl groups is 1. The normalized spacial score (nSPS) is 15.6. The van der Waals surface area contributed by atoms with Crippen LogP contribution in [0.4, 0.5) is 0 Å². The first kappa shape index (κ1) is 56.0. The number of Topliss-reactive ketones (excluding diaryl/α,β-unsaturated/α-hetero) is 1. The lowest BCUT2D eigenvalue weighted by Crippen LogP contribution is -2.48. The second-order valence-corrected chi connectivity index (χ2v) is 16.2. The van der Waals surface area contributed by atoms with Crippen LogP contribution in [0.15, 0.2) is 29.1 Å². The number of hydrogen-bond acceptors (Lipinski definition) is 20. The van der Waals surface area contributed by atoms with Gasteiger partial charge in [-0.25, -0.2) is 19.4 Å². The lowest BCUT2D eigenvalue weighted by Gasteiger charge is -2.35. The van der Waals surface area contributed by atoms with Gasteiger partial charge in [0.15, 0.2) is 5.78 Å². The monoisotopic (exact) mass is 1000 g/mol. The van der Waals surface area contributed by atoms with E-state index in [1.54, 1.807) is 29.7 Å². The van der Waals surface area contributed by atoms with Crippen LogP contribution < -0.4 is 10.9 Å². The van der Waals surface area contributed by atoms with Crippen LogP contribution in [0.5, 0.6) is 5.75 Å². The van der Waals surface area contributed by atoms with Gasteiger partial charge < -0.3 is 77.3 Å². The van der Waals surface area contributed by atoms with E-state index in [4.69, 9.17) is 67.3 Å². The second-order valence-electron chi connectivity index (χ2n) is 16.2. The fraction of sp³-hybridized carbons (Fsp3) is 0.574. The summed E-state index contributed by atoms with van der Waals surface area (Å²) in [6.07, 6.45) is -0.778. The van der Waals surface area contributed by atoms with E-state index in [2.05, 4.69) is 5.32 Å². The predicted octanol–water partition coefficient (Wildman–Crippen LogP) is 0.660. The summed E-state index contributed by atoms with van der Waals surface area (Å²) in [5.74, 6) is -4.84. The van der Waals surface area contributed by atoms with E-state index >= 15 is 0 Å². The number of phenolic OH excluding ortho intramolecular Hbond substituents is 1. The minimum absolute atomic E-state index is 0.00120. The van der Waals surface area contributed by atoms with Crippen LogP contribution in [-0.4, -0.2) is 185 Å². The van der Waals surface area contributed by atoms with E-state index in [1.807, 2.05) is 6.92 Å². The van der Waals surface area contributed by atoms with E-state index < -0.39 is 79.5 Å². The number of rotatable bonds is 35. The number of ketones is 1. The van der Waals surface area contributed by atoms with Crippen molar-refractivity contribution in [1.82, 2.24) is 14.9 Å². The summed E-state index contributed by atoms with van der Waals surface area (Å²) in [7, 11) is 0. The Labute approximate surface area is 407 Å². The third-order valence-electron chi connectivity index (χ3n) is 10.9. The zero-order valence-electron chi connectivity index (χ0n) is 39.9. The molecule has 4 N–H and O–H groups in total. The number of aliphatic carboxylic acids is 2. The fourth-order valence-electron chi connectivity index (χ4n) is 7.70. The molecule has 2 aliphatic heterocycles. The molecule has 2 aliphatic rings. The van der Waals surface area contributed by atoms with Gasteiger partial charge in [0.25, 0.3) is 5.56 Å². The molecular formula is C47H61N3O21. The predicted molar refractivity (Wildman–Crippen MR) is 244 cm³/mol.